The van der Waals surface area contributed by atoms with Gasteiger partial charge in [0.05, 0.1) is 5.56 Å². The number of imidazole rings is 1. The maximum Gasteiger partial charge on any atom is 0.419 e. The van der Waals surface area contributed by atoms with Crippen LogP contribution in [0.1, 0.15) is 11.3 Å². The molecule has 0 aliphatic rings. The lowest BCUT2D eigenvalue weighted by Gasteiger charge is -2.07. The summed E-state index contributed by atoms with van der Waals surface area (Å²) in [6, 6.07) is 2.40. The predicted octanol–water partition coefficient (Wildman–Crippen LogP) is 2.66. The normalized spacial score (nSPS) is 12.3. The van der Waals surface area contributed by atoms with Gasteiger partial charge in [-0.05, 0) is 19.1 Å². The van der Waals surface area contributed by atoms with Gasteiger partial charge in [-0.15, -0.1) is 0 Å². The lowest BCUT2D eigenvalue weighted by Crippen LogP contribution is -2.07. The first-order valence-electron chi connectivity index (χ1n) is 4.00. The van der Waals surface area contributed by atoms with Crippen molar-refractivity contribution in [3.8, 4) is 0 Å². The van der Waals surface area contributed by atoms with Gasteiger partial charge in [0.15, 0.2) is 0 Å². The zero-order chi connectivity index (χ0) is 10.3. The molecule has 0 aliphatic carbocycles. The molecule has 14 heavy (non-hydrogen) atoms. The maximum atomic E-state index is 12.5. The lowest BCUT2D eigenvalue weighted by molar-refractivity contribution is -0.136. The monoisotopic (exact) mass is 200 g/mol. The van der Waals surface area contributed by atoms with Crippen molar-refractivity contribution in [2.24, 2.45) is 0 Å². The molecule has 0 aromatic carbocycles. The average Bonchev–Trinajstić information content (AvgIpc) is 2.46. The molecule has 5 heteroatoms. The highest BCUT2D eigenvalue weighted by molar-refractivity contribution is 5.50. The van der Waals surface area contributed by atoms with Gasteiger partial charge in [0, 0.05) is 18.1 Å². The van der Waals surface area contributed by atoms with Crippen LogP contribution in [0.5, 0.6) is 0 Å². The summed E-state index contributed by atoms with van der Waals surface area (Å²) >= 11 is 0. The Balaban J connectivity index is 2.79. The third-order valence-corrected chi connectivity index (χ3v) is 2.03. The SMILES string of the molecule is Cc1cnc2c(C(F)(F)F)cccn12. The molecule has 0 bridgehead atoms. The Morgan fingerprint density at radius 1 is 1.36 bits per heavy atom. The highest BCUT2D eigenvalue weighted by Gasteiger charge is 2.33. The first-order valence-corrected chi connectivity index (χ1v) is 4.00. The summed E-state index contributed by atoms with van der Waals surface area (Å²) in [5.41, 5.74) is -0.0586. The molecule has 0 unspecified atom stereocenters. The van der Waals surface area contributed by atoms with Crippen molar-refractivity contribution in [3.63, 3.8) is 0 Å². The van der Waals surface area contributed by atoms with Crippen molar-refractivity contribution < 1.29 is 13.2 Å². The zero-order valence-electron chi connectivity index (χ0n) is 7.34. The molecule has 0 fully saturated rings. The highest BCUT2D eigenvalue weighted by atomic mass is 19.4. The second kappa shape index (κ2) is 2.73. The van der Waals surface area contributed by atoms with Gasteiger partial charge in [-0.3, -0.25) is 0 Å². The quantitative estimate of drug-likeness (QED) is 0.639. The van der Waals surface area contributed by atoms with E-state index in [1.165, 1.54) is 16.7 Å². The fourth-order valence-electron chi connectivity index (χ4n) is 1.35. The predicted molar refractivity (Wildman–Crippen MR) is 44.9 cm³/mol. The van der Waals surface area contributed by atoms with Gasteiger partial charge >= 0.3 is 6.18 Å². The topological polar surface area (TPSA) is 17.3 Å². The number of nitrogens with zero attached hydrogens (tertiary/aromatic N) is 2. The van der Waals surface area contributed by atoms with E-state index in [-0.39, 0.29) is 5.65 Å². The Labute approximate surface area is 78.0 Å². The number of hydrogen-bond donors (Lipinski definition) is 0. The number of fused-ring (bicyclic) bond motifs is 1. The minimum atomic E-state index is -4.35. The molecule has 0 radical (unpaired) electrons. The average molecular weight is 200 g/mol. The molecular weight excluding hydrogens is 193 g/mol. The summed E-state index contributed by atoms with van der Waals surface area (Å²) in [4.78, 5) is 3.73. The first kappa shape index (κ1) is 9.05. The van der Waals surface area contributed by atoms with Gasteiger partial charge < -0.3 is 4.40 Å². The van der Waals surface area contributed by atoms with Crippen molar-refractivity contribution in [1.29, 1.82) is 0 Å². The minimum absolute atomic E-state index is 0.0440. The molecule has 2 nitrogen and oxygen atoms in total. The van der Waals surface area contributed by atoms with E-state index in [0.29, 0.717) is 5.69 Å². The molecule has 2 aromatic rings. The van der Waals surface area contributed by atoms with Crippen molar-refractivity contribution in [1.82, 2.24) is 9.38 Å². The van der Waals surface area contributed by atoms with Crippen LogP contribution in [0.4, 0.5) is 13.2 Å². The van der Waals surface area contributed by atoms with E-state index in [2.05, 4.69) is 4.98 Å². The molecule has 0 N–H and O–H groups in total. The number of aryl methyl sites for hydroxylation is 1. The third kappa shape index (κ3) is 1.25. The van der Waals surface area contributed by atoms with E-state index in [0.717, 1.165) is 6.07 Å². The maximum absolute atomic E-state index is 12.5. The molecule has 0 atom stereocenters. The number of halogens is 3. The number of alkyl halides is 3. The lowest BCUT2D eigenvalue weighted by atomic mass is 10.2. The fraction of sp³-hybridized carbons (Fsp3) is 0.222. The summed E-state index contributed by atoms with van der Waals surface area (Å²) in [5.74, 6) is 0. The van der Waals surface area contributed by atoms with Gasteiger partial charge in [-0.1, -0.05) is 0 Å². The van der Waals surface area contributed by atoms with Crippen LogP contribution in [0.3, 0.4) is 0 Å². The van der Waals surface area contributed by atoms with Gasteiger partial charge in [0.1, 0.15) is 5.65 Å². The van der Waals surface area contributed by atoms with Crippen LogP contribution >= 0.6 is 0 Å². The van der Waals surface area contributed by atoms with Gasteiger partial charge in [-0.25, -0.2) is 4.98 Å². The van der Waals surface area contributed by atoms with E-state index in [1.807, 2.05) is 0 Å². The number of pyridine rings is 1. The molecule has 0 spiro atoms. The Morgan fingerprint density at radius 2 is 2.07 bits per heavy atom. The van der Waals surface area contributed by atoms with Crippen LogP contribution in [0, 0.1) is 6.92 Å². The number of aromatic nitrogens is 2. The molecular formula is C9H7F3N2. The molecule has 0 amide bonds. The van der Waals surface area contributed by atoms with Crippen molar-refractivity contribution in [2.45, 2.75) is 13.1 Å². The van der Waals surface area contributed by atoms with Crippen LogP contribution in [-0.2, 0) is 6.18 Å². The number of rotatable bonds is 0. The Morgan fingerprint density at radius 3 is 2.71 bits per heavy atom. The zero-order valence-corrected chi connectivity index (χ0v) is 7.34. The summed E-state index contributed by atoms with van der Waals surface area (Å²) < 4.78 is 38.8. The third-order valence-electron chi connectivity index (χ3n) is 2.03. The van der Waals surface area contributed by atoms with E-state index in [1.54, 1.807) is 13.1 Å². The van der Waals surface area contributed by atoms with Crippen LogP contribution in [0.15, 0.2) is 24.5 Å². The van der Waals surface area contributed by atoms with Crippen molar-refractivity contribution in [2.75, 3.05) is 0 Å². The molecule has 2 heterocycles. The van der Waals surface area contributed by atoms with Crippen LogP contribution in [0.25, 0.3) is 5.65 Å². The molecule has 74 valence electrons. The van der Waals surface area contributed by atoms with Crippen molar-refractivity contribution in [3.05, 3.63) is 35.8 Å². The minimum Gasteiger partial charge on any atom is -0.304 e. The van der Waals surface area contributed by atoms with Crippen LogP contribution < -0.4 is 0 Å². The molecule has 0 saturated carbocycles. The Hall–Kier alpha value is -1.52. The largest absolute Gasteiger partial charge is 0.419 e. The molecule has 0 aliphatic heterocycles. The molecule has 0 saturated heterocycles. The van der Waals surface area contributed by atoms with E-state index < -0.39 is 11.7 Å². The van der Waals surface area contributed by atoms with Gasteiger partial charge in [0.2, 0.25) is 0 Å². The summed E-state index contributed by atoms with van der Waals surface area (Å²) in [7, 11) is 0. The number of hydrogen-bond acceptors (Lipinski definition) is 1. The van der Waals surface area contributed by atoms with E-state index >= 15 is 0 Å². The second-order valence-electron chi connectivity index (χ2n) is 3.01. The summed E-state index contributed by atoms with van der Waals surface area (Å²) in [6.45, 7) is 1.71. The first-order chi connectivity index (χ1) is 6.50. The molecule has 2 aromatic heterocycles. The summed E-state index contributed by atoms with van der Waals surface area (Å²) in [6.07, 6.45) is -1.36. The molecule has 2 rings (SSSR count). The van der Waals surface area contributed by atoms with Gasteiger partial charge in [0.25, 0.3) is 0 Å². The van der Waals surface area contributed by atoms with E-state index in [4.69, 9.17) is 0 Å². The van der Waals surface area contributed by atoms with Crippen LogP contribution in [0.2, 0.25) is 0 Å². The Bertz CT molecular complexity index is 470. The fourth-order valence-corrected chi connectivity index (χ4v) is 1.35. The second-order valence-corrected chi connectivity index (χ2v) is 3.01. The Kier molecular flexibility index (Phi) is 1.77. The van der Waals surface area contributed by atoms with Crippen LogP contribution in [-0.4, -0.2) is 9.38 Å². The van der Waals surface area contributed by atoms with Gasteiger partial charge in [-0.2, -0.15) is 13.2 Å². The summed E-state index contributed by atoms with van der Waals surface area (Å²) in [5, 5.41) is 0. The standard InChI is InChI=1S/C9H7F3N2/c1-6-5-13-8-7(9(10,11)12)3-2-4-14(6)8/h2-5H,1H3. The highest BCUT2D eigenvalue weighted by Crippen LogP contribution is 2.31. The van der Waals surface area contributed by atoms with E-state index in [9.17, 15) is 13.2 Å². The van der Waals surface area contributed by atoms with Crippen molar-refractivity contribution >= 4 is 5.65 Å². The smallest absolute Gasteiger partial charge is 0.304 e.